The zero-order valence-electron chi connectivity index (χ0n) is 13.0. The predicted molar refractivity (Wildman–Crippen MR) is 89.7 cm³/mol. The summed E-state index contributed by atoms with van der Waals surface area (Å²) in [6.45, 7) is 4.31. The van der Waals surface area contributed by atoms with Crippen molar-refractivity contribution in [3.8, 4) is 10.6 Å². The van der Waals surface area contributed by atoms with Crippen molar-refractivity contribution in [3.63, 3.8) is 0 Å². The third kappa shape index (κ3) is 3.52. The highest BCUT2D eigenvalue weighted by atomic mass is 32.1. The van der Waals surface area contributed by atoms with Gasteiger partial charge in [0, 0.05) is 5.56 Å². The summed E-state index contributed by atoms with van der Waals surface area (Å²) in [5.41, 5.74) is 2.71. The van der Waals surface area contributed by atoms with E-state index in [9.17, 15) is 0 Å². The summed E-state index contributed by atoms with van der Waals surface area (Å²) in [5, 5.41) is 10.4. The molecule has 0 spiro atoms. The van der Waals surface area contributed by atoms with Crippen LogP contribution in [0.4, 0.5) is 0 Å². The molecule has 1 saturated carbocycles. The molecule has 0 bridgehead atoms. The first kappa shape index (κ1) is 14.7. The lowest BCUT2D eigenvalue weighted by atomic mass is 9.77. The molecular formula is C18H24N2S. The molecule has 0 N–H and O–H groups in total. The molecule has 1 heterocycles. The van der Waals surface area contributed by atoms with Crippen LogP contribution in [0.3, 0.4) is 0 Å². The molecule has 0 unspecified atom stereocenters. The topological polar surface area (TPSA) is 25.8 Å². The normalized spacial score (nSPS) is 22.4. The van der Waals surface area contributed by atoms with E-state index in [4.69, 9.17) is 0 Å². The zero-order valence-corrected chi connectivity index (χ0v) is 13.8. The SMILES string of the molecule is CCCC1CCC(c2ccc(-c3nnc(C)s3)cc2)CC1. The second kappa shape index (κ2) is 6.69. The Balaban J connectivity index is 1.65. The molecule has 1 aromatic carbocycles. The fraction of sp³-hybridized carbons (Fsp3) is 0.556. The van der Waals surface area contributed by atoms with Crippen LogP contribution in [-0.2, 0) is 0 Å². The molecule has 1 aliphatic rings. The molecule has 3 heteroatoms. The van der Waals surface area contributed by atoms with Crippen LogP contribution in [0.1, 0.15) is 61.9 Å². The van der Waals surface area contributed by atoms with Crippen molar-refractivity contribution in [2.24, 2.45) is 5.92 Å². The zero-order chi connectivity index (χ0) is 14.7. The number of rotatable bonds is 4. The summed E-state index contributed by atoms with van der Waals surface area (Å²) in [5.74, 6) is 1.75. The first-order valence-electron chi connectivity index (χ1n) is 8.16. The summed E-state index contributed by atoms with van der Waals surface area (Å²) in [6.07, 6.45) is 8.31. The molecule has 0 amide bonds. The van der Waals surface area contributed by atoms with Crippen molar-refractivity contribution in [1.82, 2.24) is 10.2 Å². The minimum absolute atomic E-state index is 0.767. The Bertz CT molecular complexity index is 565. The molecule has 3 rings (SSSR count). The molecule has 1 aromatic heterocycles. The largest absolute Gasteiger partial charge is 0.147 e. The van der Waals surface area contributed by atoms with Gasteiger partial charge in [0.25, 0.3) is 0 Å². The van der Waals surface area contributed by atoms with Crippen molar-refractivity contribution in [2.75, 3.05) is 0 Å². The first-order valence-corrected chi connectivity index (χ1v) is 8.98. The highest BCUT2D eigenvalue weighted by Gasteiger charge is 2.21. The van der Waals surface area contributed by atoms with Crippen LogP contribution in [-0.4, -0.2) is 10.2 Å². The third-order valence-corrected chi connectivity index (χ3v) is 5.59. The lowest BCUT2D eigenvalue weighted by molar-refractivity contribution is 0.308. The molecule has 0 radical (unpaired) electrons. The van der Waals surface area contributed by atoms with E-state index in [0.717, 1.165) is 21.9 Å². The Labute approximate surface area is 131 Å². The molecule has 0 aliphatic heterocycles. The fourth-order valence-corrected chi connectivity index (χ4v) is 4.20. The monoisotopic (exact) mass is 300 g/mol. The minimum atomic E-state index is 0.767. The van der Waals surface area contributed by atoms with E-state index in [1.54, 1.807) is 11.3 Å². The molecule has 0 saturated heterocycles. The van der Waals surface area contributed by atoms with E-state index in [0.29, 0.717) is 0 Å². The van der Waals surface area contributed by atoms with E-state index in [-0.39, 0.29) is 0 Å². The van der Waals surface area contributed by atoms with Gasteiger partial charge in [-0.15, -0.1) is 10.2 Å². The van der Waals surface area contributed by atoms with Gasteiger partial charge in [-0.1, -0.05) is 55.4 Å². The molecular weight excluding hydrogens is 276 g/mol. The summed E-state index contributed by atoms with van der Waals surface area (Å²) in [6, 6.07) is 9.04. The number of aryl methyl sites for hydroxylation is 1. The average Bonchev–Trinajstić information content (AvgIpc) is 2.95. The number of aromatic nitrogens is 2. The molecule has 21 heavy (non-hydrogen) atoms. The quantitative estimate of drug-likeness (QED) is 0.735. The third-order valence-electron chi connectivity index (χ3n) is 4.70. The highest BCUT2D eigenvalue weighted by Crippen LogP contribution is 2.38. The van der Waals surface area contributed by atoms with Crippen LogP contribution >= 0.6 is 11.3 Å². The van der Waals surface area contributed by atoms with Crippen molar-refractivity contribution >= 4 is 11.3 Å². The molecule has 112 valence electrons. The predicted octanol–water partition coefficient (Wildman–Crippen LogP) is 5.59. The summed E-state index contributed by atoms with van der Waals surface area (Å²) < 4.78 is 0. The number of benzene rings is 1. The highest BCUT2D eigenvalue weighted by molar-refractivity contribution is 7.14. The van der Waals surface area contributed by atoms with Gasteiger partial charge in [0.05, 0.1) is 0 Å². The Morgan fingerprint density at radius 2 is 1.76 bits per heavy atom. The number of hydrogen-bond donors (Lipinski definition) is 0. The van der Waals surface area contributed by atoms with E-state index in [1.807, 2.05) is 6.92 Å². The van der Waals surface area contributed by atoms with Crippen LogP contribution in [0.25, 0.3) is 10.6 Å². The lowest BCUT2D eigenvalue weighted by Gasteiger charge is -2.28. The molecule has 2 nitrogen and oxygen atoms in total. The van der Waals surface area contributed by atoms with E-state index in [2.05, 4.69) is 41.4 Å². The fourth-order valence-electron chi connectivity index (χ4n) is 3.50. The molecule has 2 aromatic rings. The maximum absolute atomic E-state index is 4.23. The van der Waals surface area contributed by atoms with Gasteiger partial charge >= 0.3 is 0 Å². The van der Waals surface area contributed by atoms with Gasteiger partial charge in [0.2, 0.25) is 0 Å². The molecule has 0 atom stereocenters. The summed E-state index contributed by atoms with van der Waals surface area (Å²) in [7, 11) is 0. The van der Waals surface area contributed by atoms with Crippen LogP contribution in [0.2, 0.25) is 0 Å². The first-order chi connectivity index (χ1) is 10.3. The van der Waals surface area contributed by atoms with Gasteiger partial charge in [-0.25, -0.2) is 0 Å². The van der Waals surface area contributed by atoms with Gasteiger partial charge < -0.3 is 0 Å². The maximum atomic E-state index is 4.23. The summed E-state index contributed by atoms with van der Waals surface area (Å²) in [4.78, 5) is 0. The second-order valence-corrected chi connectivity index (χ2v) is 7.44. The summed E-state index contributed by atoms with van der Waals surface area (Å²) >= 11 is 1.67. The second-order valence-electron chi connectivity index (χ2n) is 6.25. The Kier molecular flexibility index (Phi) is 4.69. The van der Waals surface area contributed by atoms with Crippen LogP contribution in [0.15, 0.2) is 24.3 Å². The molecule has 1 aliphatic carbocycles. The molecule has 1 fully saturated rings. The lowest BCUT2D eigenvalue weighted by Crippen LogP contribution is -2.13. The van der Waals surface area contributed by atoms with Gasteiger partial charge in [-0.2, -0.15) is 0 Å². The smallest absolute Gasteiger partial charge is 0.143 e. The minimum Gasteiger partial charge on any atom is -0.143 e. The van der Waals surface area contributed by atoms with Crippen molar-refractivity contribution in [1.29, 1.82) is 0 Å². The van der Waals surface area contributed by atoms with Crippen molar-refractivity contribution in [2.45, 2.75) is 58.3 Å². The van der Waals surface area contributed by atoms with Crippen molar-refractivity contribution < 1.29 is 0 Å². The van der Waals surface area contributed by atoms with Crippen LogP contribution < -0.4 is 0 Å². The average molecular weight is 300 g/mol. The van der Waals surface area contributed by atoms with E-state index in [1.165, 1.54) is 49.7 Å². The van der Waals surface area contributed by atoms with Crippen LogP contribution in [0, 0.1) is 12.8 Å². The van der Waals surface area contributed by atoms with Gasteiger partial charge in [-0.3, -0.25) is 0 Å². The maximum Gasteiger partial charge on any atom is 0.147 e. The Hall–Kier alpha value is -1.22. The van der Waals surface area contributed by atoms with Gasteiger partial charge in [0.1, 0.15) is 10.0 Å². The van der Waals surface area contributed by atoms with Gasteiger partial charge in [0.15, 0.2) is 0 Å². The van der Waals surface area contributed by atoms with Crippen molar-refractivity contribution in [3.05, 3.63) is 34.8 Å². The van der Waals surface area contributed by atoms with E-state index < -0.39 is 0 Å². The Morgan fingerprint density at radius 1 is 1.05 bits per heavy atom. The van der Waals surface area contributed by atoms with Crippen LogP contribution in [0.5, 0.6) is 0 Å². The van der Waals surface area contributed by atoms with E-state index >= 15 is 0 Å². The Morgan fingerprint density at radius 3 is 2.33 bits per heavy atom. The number of nitrogens with zero attached hydrogens (tertiary/aromatic N) is 2. The number of hydrogen-bond acceptors (Lipinski definition) is 3. The van der Waals surface area contributed by atoms with Gasteiger partial charge in [-0.05, 0) is 50.0 Å². The standard InChI is InChI=1S/C18H24N2S/c1-3-4-14-5-7-15(8-6-14)16-9-11-17(12-10-16)18-20-19-13(2)21-18/h9-12,14-15H,3-8H2,1-2H3.